The van der Waals surface area contributed by atoms with E-state index in [9.17, 15) is 0 Å². The summed E-state index contributed by atoms with van der Waals surface area (Å²) in [6, 6.07) is 11.9. The van der Waals surface area contributed by atoms with Gasteiger partial charge in [0.2, 0.25) is 5.95 Å². The molecule has 1 aliphatic rings. The predicted octanol–water partition coefficient (Wildman–Crippen LogP) is 3.10. The van der Waals surface area contributed by atoms with Gasteiger partial charge in [-0.25, -0.2) is 4.98 Å². The van der Waals surface area contributed by atoms with Crippen LogP contribution in [0.2, 0.25) is 0 Å². The maximum absolute atomic E-state index is 6.28. The lowest BCUT2D eigenvalue weighted by atomic mass is 9.96. The van der Waals surface area contributed by atoms with E-state index < -0.39 is 0 Å². The van der Waals surface area contributed by atoms with Gasteiger partial charge >= 0.3 is 0 Å². The molecular weight excluding hydrogens is 376 g/mol. The van der Waals surface area contributed by atoms with E-state index in [-0.39, 0.29) is 6.04 Å². The third-order valence-electron chi connectivity index (χ3n) is 5.39. The molecule has 8 nitrogen and oxygen atoms in total. The molecule has 152 valence electrons. The van der Waals surface area contributed by atoms with E-state index in [1.807, 2.05) is 48.8 Å². The summed E-state index contributed by atoms with van der Waals surface area (Å²) in [6.45, 7) is 4.04. The number of rotatable bonds is 4. The van der Waals surface area contributed by atoms with E-state index in [1.165, 1.54) is 0 Å². The van der Waals surface area contributed by atoms with Crippen molar-refractivity contribution in [2.45, 2.75) is 19.4 Å². The minimum Gasteiger partial charge on any atom is -0.368 e. The molecule has 0 saturated carbocycles. The second kappa shape index (κ2) is 7.72. The van der Waals surface area contributed by atoms with Crippen LogP contribution in [0.1, 0.15) is 13.3 Å². The van der Waals surface area contributed by atoms with Crippen LogP contribution < -0.4 is 16.0 Å². The third kappa shape index (κ3) is 3.57. The Kier molecular flexibility index (Phi) is 4.76. The number of aromatic nitrogens is 5. The monoisotopic (exact) mass is 400 g/mol. The molecule has 5 heterocycles. The van der Waals surface area contributed by atoms with Crippen molar-refractivity contribution in [3.05, 3.63) is 61.2 Å². The molecule has 1 saturated heterocycles. The van der Waals surface area contributed by atoms with Crippen molar-refractivity contribution in [3.63, 3.8) is 0 Å². The number of hydrogen-bond acceptors (Lipinski definition) is 7. The van der Waals surface area contributed by atoms with Crippen molar-refractivity contribution in [2.75, 3.05) is 23.3 Å². The summed E-state index contributed by atoms with van der Waals surface area (Å²) in [5.74, 6) is 1.18. The average Bonchev–Trinajstić information content (AvgIpc) is 3.16. The number of nitrogens with two attached hydrogens (primary N) is 1. The molecule has 8 heteroatoms. The van der Waals surface area contributed by atoms with Crippen LogP contribution in [-0.4, -0.2) is 43.7 Å². The van der Waals surface area contributed by atoms with E-state index in [2.05, 4.69) is 32.1 Å². The second-order valence-corrected chi connectivity index (χ2v) is 7.88. The molecule has 30 heavy (non-hydrogen) atoms. The maximum Gasteiger partial charge on any atom is 0.229 e. The highest BCUT2D eigenvalue weighted by Crippen LogP contribution is 2.31. The number of pyridine rings is 2. The Labute approximate surface area is 174 Å². The fourth-order valence-electron chi connectivity index (χ4n) is 4.10. The zero-order valence-electron chi connectivity index (χ0n) is 16.8. The molecule has 0 spiro atoms. The Hall–Kier alpha value is -3.52. The van der Waals surface area contributed by atoms with Crippen molar-refractivity contribution in [1.82, 2.24) is 24.6 Å². The lowest BCUT2D eigenvalue weighted by Crippen LogP contribution is -2.46. The summed E-state index contributed by atoms with van der Waals surface area (Å²) in [6.07, 6.45) is 8.25. The molecule has 0 radical (unpaired) electrons. The molecule has 1 fully saturated rings. The van der Waals surface area contributed by atoms with E-state index >= 15 is 0 Å². The summed E-state index contributed by atoms with van der Waals surface area (Å²) >= 11 is 0. The zero-order chi connectivity index (χ0) is 20.5. The van der Waals surface area contributed by atoms with Crippen molar-refractivity contribution in [1.29, 1.82) is 0 Å². The van der Waals surface area contributed by atoms with Gasteiger partial charge in [0.15, 0.2) is 0 Å². The standard InChI is InChI=1S/C22H24N8/c1-15-10-16(23)14-29(13-15)21-7-9-24-12-20(21)27-22-26-11-17-5-6-19(28-30(17)22)18-4-2-3-8-25-18/h2-9,11-12,15-16H,10,13-14,23H2,1H3,(H,26,27). The number of imidazole rings is 1. The summed E-state index contributed by atoms with van der Waals surface area (Å²) in [5, 5.41) is 8.17. The van der Waals surface area contributed by atoms with Gasteiger partial charge in [-0.05, 0) is 42.7 Å². The first-order chi connectivity index (χ1) is 14.7. The molecule has 0 aliphatic carbocycles. The number of nitrogens with zero attached hydrogens (tertiary/aromatic N) is 6. The first kappa shape index (κ1) is 18.5. The molecule has 1 aliphatic heterocycles. The molecule has 5 rings (SSSR count). The first-order valence-electron chi connectivity index (χ1n) is 10.1. The van der Waals surface area contributed by atoms with Crippen LogP contribution in [0, 0.1) is 5.92 Å². The van der Waals surface area contributed by atoms with Gasteiger partial charge < -0.3 is 16.0 Å². The third-order valence-corrected chi connectivity index (χ3v) is 5.39. The lowest BCUT2D eigenvalue weighted by Gasteiger charge is -2.37. The van der Waals surface area contributed by atoms with E-state index in [0.717, 1.165) is 47.8 Å². The highest BCUT2D eigenvalue weighted by molar-refractivity contribution is 5.73. The van der Waals surface area contributed by atoms with Crippen LogP contribution >= 0.6 is 0 Å². The van der Waals surface area contributed by atoms with Crippen LogP contribution in [0.5, 0.6) is 0 Å². The van der Waals surface area contributed by atoms with Crippen LogP contribution in [0.3, 0.4) is 0 Å². The number of hydrogen-bond donors (Lipinski definition) is 2. The fraction of sp³-hybridized carbons (Fsp3) is 0.273. The minimum atomic E-state index is 0.171. The highest BCUT2D eigenvalue weighted by Gasteiger charge is 2.24. The Morgan fingerprint density at radius 3 is 2.77 bits per heavy atom. The van der Waals surface area contributed by atoms with Gasteiger partial charge in [-0.15, -0.1) is 0 Å². The molecule has 2 atom stereocenters. The van der Waals surface area contributed by atoms with Crippen molar-refractivity contribution in [2.24, 2.45) is 11.7 Å². The predicted molar refractivity (Wildman–Crippen MR) is 118 cm³/mol. The summed E-state index contributed by atoms with van der Waals surface area (Å²) in [4.78, 5) is 15.6. The number of fused-ring (bicyclic) bond motifs is 1. The van der Waals surface area contributed by atoms with Gasteiger partial charge in [0.05, 0.1) is 35.0 Å². The largest absolute Gasteiger partial charge is 0.368 e. The van der Waals surface area contributed by atoms with Crippen LogP contribution in [-0.2, 0) is 0 Å². The van der Waals surface area contributed by atoms with Crippen molar-refractivity contribution in [3.8, 4) is 11.4 Å². The summed E-state index contributed by atoms with van der Waals surface area (Å²) < 4.78 is 1.80. The highest BCUT2D eigenvalue weighted by atomic mass is 15.3. The van der Waals surface area contributed by atoms with Crippen LogP contribution in [0.25, 0.3) is 16.9 Å². The molecule has 3 N–H and O–H groups in total. The average molecular weight is 400 g/mol. The van der Waals surface area contributed by atoms with E-state index in [1.54, 1.807) is 16.9 Å². The van der Waals surface area contributed by atoms with E-state index in [4.69, 9.17) is 10.8 Å². The van der Waals surface area contributed by atoms with E-state index in [0.29, 0.717) is 11.9 Å². The zero-order valence-corrected chi connectivity index (χ0v) is 16.8. The fourth-order valence-corrected chi connectivity index (χ4v) is 4.10. The summed E-state index contributed by atoms with van der Waals surface area (Å²) in [7, 11) is 0. The number of nitrogens with one attached hydrogen (secondary N) is 1. The van der Waals surface area contributed by atoms with Crippen molar-refractivity contribution < 1.29 is 0 Å². The SMILES string of the molecule is CC1CC(N)CN(c2ccncc2Nc2ncc3ccc(-c4ccccn4)nn23)C1. The van der Waals surface area contributed by atoms with Gasteiger partial charge in [-0.2, -0.15) is 9.61 Å². The van der Waals surface area contributed by atoms with Gasteiger partial charge in [0.25, 0.3) is 0 Å². The Balaban J connectivity index is 1.49. The number of anilines is 3. The molecule has 0 aromatic carbocycles. The molecule has 0 amide bonds. The van der Waals surface area contributed by atoms with Gasteiger partial charge in [-0.3, -0.25) is 9.97 Å². The quantitative estimate of drug-likeness (QED) is 0.543. The molecular formula is C22H24N8. The Morgan fingerprint density at radius 1 is 1.00 bits per heavy atom. The minimum absolute atomic E-state index is 0.171. The molecule has 4 aromatic heterocycles. The Bertz CT molecular complexity index is 1150. The van der Waals surface area contributed by atoms with Gasteiger partial charge in [0.1, 0.15) is 5.69 Å². The lowest BCUT2D eigenvalue weighted by molar-refractivity contribution is 0.402. The summed E-state index contributed by atoms with van der Waals surface area (Å²) in [5.41, 5.74) is 10.7. The van der Waals surface area contributed by atoms with Crippen LogP contribution in [0.4, 0.5) is 17.3 Å². The molecule has 4 aromatic rings. The molecule has 0 bridgehead atoms. The van der Waals surface area contributed by atoms with Gasteiger partial charge in [-0.1, -0.05) is 13.0 Å². The Morgan fingerprint density at radius 2 is 1.93 bits per heavy atom. The molecule has 2 unspecified atom stereocenters. The van der Waals surface area contributed by atoms with Gasteiger partial charge in [0, 0.05) is 31.5 Å². The topological polar surface area (TPSA) is 97.3 Å². The van der Waals surface area contributed by atoms with Crippen molar-refractivity contribution >= 4 is 22.8 Å². The smallest absolute Gasteiger partial charge is 0.229 e. The number of piperidine rings is 1. The normalized spacial score (nSPS) is 19.2. The first-order valence-corrected chi connectivity index (χ1v) is 10.1. The maximum atomic E-state index is 6.28. The van der Waals surface area contributed by atoms with Crippen LogP contribution in [0.15, 0.2) is 61.2 Å². The second-order valence-electron chi connectivity index (χ2n) is 7.88.